The maximum absolute atomic E-state index is 12.0. The lowest BCUT2D eigenvalue weighted by Crippen LogP contribution is -2.31. The van der Waals surface area contributed by atoms with Gasteiger partial charge in [-0.15, -0.1) is 0 Å². The number of hydrogen-bond donors (Lipinski definition) is 1. The summed E-state index contributed by atoms with van der Waals surface area (Å²) in [6, 6.07) is -0.139. The van der Waals surface area contributed by atoms with Crippen molar-refractivity contribution in [2.75, 3.05) is 0 Å². The molecule has 1 heterocycles. The highest BCUT2D eigenvalue weighted by Gasteiger charge is 2.21. The highest BCUT2D eigenvalue weighted by atomic mass is 35.5. The molecule has 0 bridgehead atoms. The number of hydrogen-bond acceptors (Lipinski definition) is 3. The molecule has 1 aromatic heterocycles. The van der Waals surface area contributed by atoms with Gasteiger partial charge < -0.3 is 5.73 Å². The van der Waals surface area contributed by atoms with Gasteiger partial charge in [-0.25, -0.2) is 0 Å². The van der Waals surface area contributed by atoms with Crippen molar-refractivity contribution in [1.29, 1.82) is 0 Å². The van der Waals surface area contributed by atoms with Gasteiger partial charge in [-0.05, 0) is 13.3 Å². The Hall–Kier alpha value is -0.870. The van der Waals surface area contributed by atoms with E-state index < -0.39 is 0 Å². The third-order valence-corrected chi connectivity index (χ3v) is 3.58. The zero-order valence-electron chi connectivity index (χ0n) is 10.8. The van der Waals surface area contributed by atoms with Gasteiger partial charge >= 0.3 is 0 Å². The molecule has 0 amide bonds. The van der Waals surface area contributed by atoms with Gasteiger partial charge in [0.05, 0.1) is 22.8 Å². The summed E-state index contributed by atoms with van der Waals surface area (Å²) in [5.41, 5.74) is 7.34. The summed E-state index contributed by atoms with van der Waals surface area (Å²) in [7, 11) is 1.81. The van der Waals surface area contributed by atoms with Crippen LogP contribution in [0.2, 0.25) is 5.02 Å². The van der Waals surface area contributed by atoms with E-state index in [2.05, 4.69) is 5.10 Å². The Kier molecular flexibility index (Phi) is 4.71. The third-order valence-electron chi connectivity index (χ3n) is 3.14. The molecule has 1 aromatic rings. The molecule has 17 heavy (non-hydrogen) atoms. The van der Waals surface area contributed by atoms with Crippen LogP contribution < -0.4 is 5.73 Å². The standard InChI is InChI=1S/C12H20ClN3O/c1-5-9-12(13)10(16(4)15-9)6-11(17)7(2)8(3)14/h7-8H,5-6,14H2,1-4H3. The Morgan fingerprint density at radius 3 is 2.53 bits per heavy atom. The number of rotatable bonds is 5. The number of halogens is 1. The van der Waals surface area contributed by atoms with E-state index in [1.165, 1.54) is 0 Å². The topological polar surface area (TPSA) is 60.9 Å². The molecule has 2 N–H and O–H groups in total. The van der Waals surface area contributed by atoms with Crippen LogP contribution >= 0.6 is 11.6 Å². The second-order valence-corrected chi connectivity index (χ2v) is 4.85. The smallest absolute Gasteiger partial charge is 0.143 e. The number of aryl methyl sites for hydroxylation is 2. The van der Waals surface area contributed by atoms with E-state index in [-0.39, 0.29) is 17.7 Å². The normalized spacial score (nSPS) is 14.7. The molecule has 0 aliphatic rings. The van der Waals surface area contributed by atoms with Gasteiger partial charge in [0.2, 0.25) is 0 Å². The third kappa shape index (κ3) is 3.07. The molecule has 4 nitrogen and oxygen atoms in total. The average molecular weight is 258 g/mol. The van der Waals surface area contributed by atoms with Crippen molar-refractivity contribution in [3.63, 3.8) is 0 Å². The monoisotopic (exact) mass is 257 g/mol. The van der Waals surface area contributed by atoms with E-state index in [0.29, 0.717) is 11.4 Å². The number of nitrogens with two attached hydrogens (primary N) is 1. The maximum atomic E-state index is 12.0. The van der Waals surface area contributed by atoms with Gasteiger partial charge in [-0.3, -0.25) is 9.48 Å². The average Bonchev–Trinajstić information content (AvgIpc) is 2.55. The lowest BCUT2D eigenvalue weighted by Gasteiger charge is -2.14. The molecule has 5 heteroatoms. The van der Waals surface area contributed by atoms with Crippen LogP contribution in [0.3, 0.4) is 0 Å². The fraction of sp³-hybridized carbons (Fsp3) is 0.667. The molecule has 2 atom stereocenters. The summed E-state index contributed by atoms with van der Waals surface area (Å²) in [5, 5.41) is 4.90. The highest BCUT2D eigenvalue weighted by molar-refractivity contribution is 6.32. The Morgan fingerprint density at radius 1 is 1.53 bits per heavy atom. The molecule has 0 aromatic carbocycles. The van der Waals surface area contributed by atoms with Gasteiger partial charge in [0.15, 0.2) is 0 Å². The minimum absolute atomic E-state index is 0.104. The first kappa shape index (κ1) is 14.2. The number of carbonyl (C=O) groups is 1. The molecule has 0 aliphatic carbocycles. The van der Waals surface area contributed by atoms with Crippen LogP contribution in [-0.2, 0) is 24.7 Å². The molecule has 96 valence electrons. The lowest BCUT2D eigenvalue weighted by molar-refractivity contribution is -0.122. The number of aromatic nitrogens is 2. The van der Waals surface area contributed by atoms with Crippen LogP contribution in [0.5, 0.6) is 0 Å². The minimum atomic E-state index is -0.161. The summed E-state index contributed by atoms with van der Waals surface area (Å²) in [4.78, 5) is 12.0. The molecule has 0 saturated carbocycles. The fourth-order valence-corrected chi connectivity index (χ4v) is 1.99. The van der Waals surface area contributed by atoms with Crippen LogP contribution in [0.4, 0.5) is 0 Å². The molecule has 0 aliphatic heterocycles. The summed E-state index contributed by atoms with van der Waals surface area (Å²) >= 11 is 6.19. The summed E-state index contributed by atoms with van der Waals surface area (Å²) in [6.45, 7) is 5.67. The summed E-state index contributed by atoms with van der Waals surface area (Å²) in [5.74, 6) is -0.0569. The van der Waals surface area contributed by atoms with Crippen molar-refractivity contribution in [1.82, 2.24) is 9.78 Å². The Bertz CT molecular complexity index is 412. The van der Waals surface area contributed by atoms with E-state index in [1.807, 2.05) is 27.8 Å². The first-order chi connectivity index (χ1) is 7.88. The second kappa shape index (κ2) is 5.65. The molecular weight excluding hydrogens is 238 g/mol. The van der Waals surface area contributed by atoms with Crippen LogP contribution in [0.15, 0.2) is 0 Å². The predicted molar refractivity (Wildman–Crippen MR) is 69.1 cm³/mol. The number of Topliss-reactive ketones (excluding diaryl/α,β-unsaturated/α-hetero) is 1. The molecule has 0 saturated heterocycles. The van der Waals surface area contributed by atoms with Crippen LogP contribution in [-0.4, -0.2) is 21.6 Å². The van der Waals surface area contributed by atoms with Gasteiger partial charge in [0.1, 0.15) is 5.78 Å². The number of nitrogens with zero attached hydrogens (tertiary/aromatic N) is 2. The molecular formula is C12H20ClN3O. The number of carbonyl (C=O) groups excluding carboxylic acids is 1. The van der Waals surface area contributed by atoms with Gasteiger partial charge in [-0.2, -0.15) is 5.10 Å². The van der Waals surface area contributed by atoms with Crippen LogP contribution in [0, 0.1) is 5.92 Å². The summed E-state index contributed by atoms with van der Waals surface area (Å²) < 4.78 is 1.69. The summed E-state index contributed by atoms with van der Waals surface area (Å²) in [6.07, 6.45) is 1.06. The fourth-order valence-electron chi connectivity index (χ4n) is 1.63. The molecule has 2 unspecified atom stereocenters. The zero-order chi connectivity index (χ0) is 13.2. The van der Waals surface area contributed by atoms with Crippen molar-refractivity contribution in [3.8, 4) is 0 Å². The quantitative estimate of drug-likeness (QED) is 0.874. The van der Waals surface area contributed by atoms with Crippen molar-refractivity contribution in [2.45, 2.75) is 39.7 Å². The van der Waals surface area contributed by atoms with E-state index >= 15 is 0 Å². The SMILES string of the molecule is CCc1nn(C)c(CC(=O)C(C)C(C)N)c1Cl. The zero-order valence-corrected chi connectivity index (χ0v) is 11.6. The van der Waals surface area contributed by atoms with Crippen molar-refractivity contribution < 1.29 is 4.79 Å². The van der Waals surface area contributed by atoms with Gasteiger partial charge in [-0.1, -0.05) is 25.4 Å². The molecule has 1 rings (SSSR count). The minimum Gasteiger partial charge on any atom is -0.327 e. The van der Waals surface area contributed by atoms with E-state index in [0.717, 1.165) is 17.8 Å². The van der Waals surface area contributed by atoms with Crippen molar-refractivity contribution >= 4 is 17.4 Å². The van der Waals surface area contributed by atoms with E-state index in [9.17, 15) is 4.79 Å². The van der Waals surface area contributed by atoms with Crippen LogP contribution in [0.1, 0.15) is 32.2 Å². The van der Waals surface area contributed by atoms with Crippen molar-refractivity contribution in [2.24, 2.45) is 18.7 Å². The Balaban J connectivity index is 2.89. The largest absolute Gasteiger partial charge is 0.327 e. The lowest BCUT2D eigenvalue weighted by atomic mass is 9.96. The van der Waals surface area contributed by atoms with E-state index in [1.54, 1.807) is 4.68 Å². The van der Waals surface area contributed by atoms with Crippen molar-refractivity contribution in [3.05, 3.63) is 16.4 Å². The molecule has 0 radical (unpaired) electrons. The molecule has 0 fully saturated rings. The van der Waals surface area contributed by atoms with Crippen LogP contribution in [0.25, 0.3) is 0 Å². The predicted octanol–water partition coefficient (Wildman–Crippen LogP) is 1.73. The number of ketones is 1. The first-order valence-corrected chi connectivity index (χ1v) is 6.24. The highest BCUT2D eigenvalue weighted by Crippen LogP contribution is 2.22. The van der Waals surface area contributed by atoms with Gasteiger partial charge in [0, 0.05) is 19.0 Å². The molecule has 0 spiro atoms. The maximum Gasteiger partial charge on any atom is 0.143 e. The Morgan fingerprint density at radius 2 is 2.12 bits per heavy atom. The first-order valence-electron chi connectivity index (χ1n) is 5.87. The Labute approximate surface area is 107 Å². The second-order valence-electron chi connectivity index (χ2n) is 4.48. The van der Waals surface area contributed by atoms with E-state index in [4.69, 9.17) is 17.3 Å². The van der Waals surface area contributed by atoms with Gasteiger partial charge in [0.25, 0.3) is 0 Å².